The topological polar surface area (TPSA) is 32.3 Å². The molecule has 0 amide bonds. The molecule has 2 N–H and O–H groups in total. The Hall–Kier alpha value is -0.860. The first-order valence-corrected chi connectivity index (χ1v) is 5.73. The van der Waals surface area contributed by atoms with E-state index in [2.05, 4.69) is 24.4 Å². The highest BCUT2D eigenvalue weighted by Crippen LogP contribution is 2.05. The van der Waals surface area contributed by atoms with Crippen molar-refractivity contribution in [2.45, 2.75) is 45.4 Å². The predicted molar refractivity (Wildman–Crippen MR) is 63.7 cm³/mol. The maximum atomic E-state index is 9.73. The van der Waals surface area contributed by atoms with Crippen molar-refractivity contribution in [3.05, 3.63) is 35.9 Å². The Balaban J connectivity index is 2.41. The number of hydrogen-bond acceptors (Lipinski definition) is 2. The Labute approximate surface area is 92.3 Å². The number of aliphatic hydroxyl groups excluding tert-OH is 1. The number of nitrogens with one attached hydrogen (secondary N) is 1. The van der Waals surface area contributed by atoms with Gasteiger partial charge in [-0.15, -0.1) is 0 Å². The molecule has 0 heterocycles. The summed E-state index contributed by atoms with van der Waals surface area (Å²) in [7, 11) is 0. The number of aliphatic hydroxyl groups is 1. The van der Waals surface area contributed by atoms with Gasteiger partial charge in [0.05, 0.1) is 6.10 Å². The van der Waals surface area contributed by atoms with E-state index in [-0.39, 0.29) is 12.1 Å². The van der Waals surface area contributed by atoms with E-state index in [1.165, 1.54) is 5.56 Å². The van der Waals surface area contributed by atoms with Crippen LogP contribution < -0.4 is 5.32 Å². The Morgan fingerprint density at radius 2 is 1.80 bits per heavy atom. The molecule has 0 bridgehead atoms. The van der Waals surface area contributed by atoms with Crippen LogP contribution in [0.25, 0.3) is 0 Å². The molecule has 1 aromatic carbocycles. The summed E-state index contributed by atoms with van der Waals surface area (Å²) in [5.74, 6) is 0. The normalized spacial score (nSPS) is 14.9. The lowest BCUT2D eigenvalue weighted by molar-refractivity contribution is 0.120. The molecule has 0 saturated heterocycles. The van der Waals surface area contributed by atoms with E-state index in [4.69, 9.17) is 0 Å². The molecule has 2 atom stereocenters. The van der Waals surface area contributed by atoms with Crippen LogP contribution in [0.3, 0.4) is 0 Å². The minimum atomic E-state index is -0.237. The summed E-state index contributed by atoms with van der Waals surface area (Å²) in [6, 6.07) is 10.5. The molecule has 0 aliphatic rings. The van der Waals surface area contributed by atoms with Crippen LogP contribution in [0.5, 0.6) is 0 Å². The molecule has 0 aromatic heterocycles. The zero-order valence-corrected chi connectivity index (χ0v) is 9.61. The molecule has 15 heavy (non-hydrogen) atoms. The Morgan fingerprint density at radius 3 is 2.33 bits per heavy atom. The van der Waals surface area contributed by atoms with Crippen LogP contribution in [0.2, 0.25) is 0 Å². The van der Waals surface area contributed by atoms with E-state index < -0.39 is 0 Å². The molecule has 1 aromatic rings. The summed E-state index contributed by atoms with van der Waals surface area (Å²) in [6.45, 7) is 4.94. The summed E-state index contributed by atoms with van der Waals surface area (Å²) in [5, 5.41) is 13.1. The molecule has 0 saturated carbocycles. The minimum absolute atomic E-state index is 0.204. The first kappa shape index (κ1) is 12.2. The van der Waals surface area contributed by atoms with Crippen molar-refractivity contribution in [2.75, 3.05) is 0 Å². The zero-order valence-electron chi connectivity index (χ0n) is 9.61. The maximum absolute atomic E-state index is 9.73. The monoisotopic (exact) mass is 207 g/mol. The largest absolute Gasteiger partial charge is 0.392 e. The lowest BCUT2D eigenvalue weighted by atomic mass is 10.1. The third kappa shape index (κ3) is 4.02. The molecule has 2 nitrogen and oxygen atoms in total. The number of hydrogen-bond donors (Lipinski definition) is 2. The van der Waals surface area contributed by atoms with Crippen molar-refractivity contribution in [3.8, 4) is 0 Å². The molecule has 0 radical (unpaired) electrons. The predicted octanol–water partition coefficient (Wildman–Crippen LogP) is 2.33. The Kier molecular flexibility index (Phi) is 5.37. The average molecular weight is 207 g/mol. The van der Waals surface area contributed by atoms with Gasteiger partial charge in [-0.25, -0.2) is 0 Å². The first-order chi connectivity index (χ1) is 7.27. The van der Waals surface area contributed by atoms with Crippen LogP contribution in [-0.2, 0) is 6.54 Å². The van der Waals surface area contributed by atoms with Crippen molar-refractivity contribution in [1.29, 1.82) is 0 Å². The van der Waals surface area contributed by atoms with Crippen LogP contribution in [0.1, 0.15) is 32.3 Å². The molecule has 1 rings (SSSR count). The molecule has 2 heteroatoms. The molecular weight excluding hydrogens is 186 g/mol. The van der Waals surface area contributed by atoms with E-state index in [0.29, 0.717) is 0 Å². The quantitative estimate of drug-likeness (QED) is 0.750. The summed E-state index contributed by atoms with van der Waals surface area (Å²) < 4.78 is 0. The van der Waals surface area contributed by atoms with Gasteiger partial charge in [0.1, 0.15) is 0 Å². The highest BCUT2D eigenvalue weighted by atomic mass is 16.3. The average Bonchev–Trinajstić information content (AvgIpc) is 2.31. The van der Waals surface area contributed by atoms with Gasteiger partial charge in [0.2, 0.25) is 0 Å². The molecular formula is C13H21NO. The van der Waals surface area contributed by atoms with Crippen molar-refractivity contribution < 1.29 is 5.11 Å². The van der Waals surface area contributed by atoms with Gasteiger partial charge in [0, 0.05) is 12.6 Å². The van der Waals surface area contributed by atoms with Crippen molar-refractivity contribution in [3.63, 3.8) is 0 Å². The fourth-order valence-electron chi connectivity index (χ4n) is 1.68. The highest BCUT2D eigenvalue weighted by Gasteiger charge is 2.14. The molecule has 0 fully saturated rings. The maximum Gasteiger partial charge on any atom is 0.0690 e. The van der Waals surface area contributed by atoms with E-state index >= 15 is 0 Å². The highest BCUT2D eigenvalue weighted by molar-refractivity contribution is 5.14. The molecule has 84 valence electrons. The van der Waals surface area contributed by atoms with Crippen LogP contribution in [-0.4, -0.2) is 17.3 Å². The van der Waals surface area contributed by atoms with E-state index in [1.807, 2.05) is 25.1 Å². The van der Waals surface area contributed by atoms with Crippen LogP contribution in [0.4, 0.5) is 0 Å². The van der Waals surface area contributed by atoms with Gasteiger partial charge in [0.25, 0.3) is 0 Å². The van der Waals surface area contributed by atoms with Gasteiger partial charge < -0.3 is 10.4 Å². The summed E-state index contributed by atoms with van der Waals surface area (Å²) in [5.41, 5.74) is 1.26. The van der Waals surface area contributed by atoms with Crippen molar-refractivity contribution in [1.82, 2.24) is 5.32 Å². The van der Waals surface area contributed by atoms with Gasteiger partial charge in [-0.2, -0.15) is 0 Å². The second-order valence-corrected chi connectivity index (χ2v) is 3.86. The van der Waals surface area contributed by atoms with Crippen LogP contribution in [0.15, 0.2) is 30.3 Å². The van der Waals surface area contributed by atoms with E-state index in [9.17, 15) is 5.11 Å². The van der Waals surface area contributed by atoms with E-state index in [0.717, 1.165) is 19.4 Å². The summed E-state index contributed by atoms with van der Waals surface area (Å²) in [4.78, 5) is 0. The molecule has 0 aliphatic carbocycles. The second kappa shape index (κ2) is 6.59. The third-order valence-corrected chi connectivity index (χ3v) is 2.73. The Bertz CT molecular complexity index is 260. The fraction of sp³-hybridized carbons (Fsp3) is 0.538. The SMILES string of the molecule is CCC(O)C(CC)NCc1ccccc1. The number of rotatable bonds is 6. The van der Waals surface area contributed by atoms with Crippen LogP contribution >= 0.6 is 0 Å². The van der Waals surface area contributed by atoms with Crippen LogP contribution in [0, 0.1) is 0 Å². The standard InChI is InChI=1S/C13H21NO/c1-3-12(13(15)4-2)14-10-11-8-6-5-7-9-11/h5-9,12-15H,3-4,10H2,1-2H3. The Morgan fingerprint density at radius 1 is 1.13 bits per heavy atom. The second-order valence-electron chi connectivity index (χ2n) is 3.86. The molecule has 2 unspecified atom stereocenters. The van der Waals surface area contributed by atoms with E-state index in [1.54, 1.807) is 0 Å². The first-order valence-electron chi connectivity index (χ1n) is 5.73. The summed E-state index contributed by atoms with van der Waals surface area (Å²) >= 11 is 0. The van der Waals surface area contributed by atoms with Gasteiger partial charge in [-0.3, -0.25) is 0 Å². The van der Waals surface area contributed by atoms with Gasteiger partial charge >= 0.3 is 0 Å². The van der Waals surface area contributed by atoms with Gasteiger partial charge in [0.15, 0.2) is 0 Å². The molecule has 0 spiro atoms. The smallest absolute Gasteiger partial charge is 0.0690 e. The minimum Gasteiger partial charge on any atom is -0.392 e. The summed E-state index contributed by atoms with van der Waals surface area (Å²) in [6.07, 6.45) is 1.53. The van der Waals surface area contributed by atoms with Crippen molar-refractivity contribution >= 4 is 0 Å². The van der Waals surface area contributed by atoms with Gasteiger partial charge in [-0.05, 0) is 18.4 Å². The third-order valence-electron chi connectivity index (χ3n) is 2.73. The zero-order chi connectivity index (χ0) is 11.1. The van der Waals surface area contributed by atoms with Gasteiger partial charge in [-0.1, -0.05) is 44.2 Å². The van der Waals surface area contributed by atoms with Crippen molar-refractivity contribution in [2.24, 2.45) is 0 Å². The molecule has 0 aliphatic heterocycles. The lowest BCUT2D eigenvalue weighted by Crippen LogP contribution is -2.38. The lowest BCUT2D eigenvalue weighted by Gasteiger charge is -2.21. The fourth-order valence-corrected chi connectivity index (χ4v) is 1.68. The number of benzene rings is 1.